The average Bonchev–Trinajstić information content (AvgIpc) is 2.81. The van der Waals surface area contributed by atoms with Gasteiger partial charge in [-0.3, -0.25) is 0 Å². The third-order valence-corrected chi connectivity index (χ3v) is 3.31. The van der Waals surface area contributed by atoms with E-state index in [0.29, 0.717) is 0 Å². The van der Waals surface area contributed by atoms with Crippen LogP contribution >= 0.6 is 0 Å². The van der Waals surface area contributed by atoms with Gasteiger partial charge in [-0.2, -0.15) is 13.2 Å². The summed E-state index contributed by atoms with van der Waals surface area (Å²) in [4.78, 5) is 24.1. The normalized spacial score (nSPS) is 22.4. The molecule has 9 heteroatoms. The Balaban J connectivity index is 2.35. The minimum Gasteiger partial charge on any atom is -0.480 e. The summed E-state index contributed by atoms with van der Waals surface area (Å²) in [5.41, 5.74) is 0. The largest absolute Gasteiger partial charge is 0.480 e. The molecule has 1 heterocycles. The van der Waals surface area contributed by atoms with E-state index in [1.165, 1.54) is 7.11 Å². The molecule has 0 aliphatic carbocycles. The van der Waals surface area contributed by atoms with E-state index in [0.717, 1.165) is 4.90 Å². The van der Waals surface area contributed by atoms with E-state index in [1.807, 2.05) is 0 Å². The van der Waals surface area contributed by atoms with E-state index in [1.54, 1.807) is 0 Å². The quantitative estimate of drug-likeness (QED) is 0.730. The smallest absolute Gasteiger partial charge is 0.389 e. The first-order valence-electron chi connectivity index (χ1n) is 6.61. The van der Waals surface area contributed by atoms with Gasteiger partial charge < -0.3 is 20.1 Å². The fourth-order valence-electron chi connectivity index (χ4n) is 2.17. The lowest BCUT2D eigenvalue weighted by molar-refractivity contribution is -0.141. The van der Waals surface area contributed by atoms with Gasteiger partial charge >= 0.3 is 18.2 Å². The van der Waals surface area contributed by atoms with Gasteiger partial charge in [-0.15, -0.1) is 0 Å². The van der Waals surface area contributed by atoms with Gasteiger partial charge in [-0.05, 0) is 12.8 Å². The zero-order valence-corrected chi connectivity index (χ0v) is 11.7. The van der Waals surface area contributed by atoms with Crippen LogP contribution in [0.25, 0.3) is 0 Å². The molecule has 0 aromatic carbocycles. The van der Waals surface area contributed by atoms with Crippen LogP contribution in [-0.2, 0) is 9.53 Å². The molecular formula is C12H19F3N2O4. The molecule has 0 saturated carbocycles. The van der Waals surface area contributed by atoms with Crippen molar-refractivity contribution in [3.8, 4) is 0 Å². The number of methoxy groups -OCH3 is 1. The number of aliphatic carboxylic acids is 1. The maximum Gasteiger partial charge on any atom is 0.389 e. The highest BCUT2D eigenvalue weighted by atomic mass is 19.4. The first-order chi connectivity index (χ1) is 9.74. The number of carbonyl (C=O) groups excluding carboxylic acids is 1. The van der Waals surface area contributed by atoms with Gasteiger partial charge in [0.1, 0.15) is 6.04 Å². The zero-order chi connectivity index (χ0) is 16.0. The summed E-state index contributed by atoms with van der Waals surface area (Å²) in [5, 5.41) is 11.5. The third kappa shape index (κ3) is 5.78. The molecule has 2 N–H and O–H groups in total. The first kappa shape index (κ1) is 17.5. The van der Waals surface area contributed by atoms with E-state index in [9.17, 15) is 22.8 Å². The van der Waals surface area contributed by atoms with Crippen molar-refractivity contribution in [2.24, 2.45) is 0 Å². The second-order valence-electron chi connectivity index (χ2n) is 4.90. The van der Waals surface area contributed by atoms with Gasteiger partial charge in [0.05, 0.1) is 6.10 Å². The van der Waals surface area contributed by atoms with E-state index < -0.39 is 30.6 Å². The maximum absolute atomic E-state index is 11.9. The number of unbranched alkanes of at least 4 members (excludes halogenated alkanes) is 1. The first-order valence-corrected chi connectivity index (χ1v) is 6.61. The van der Waals surface area contributed by atoms with Crippen LogP contribution in [0.2, 0.25) is 0 Å². The second kappa shape index (κ2) is 7.48. The van der Waals surface area contributed by atoms with Crippen molar-refractivity contribution >= 4 is 12.0 Å². The summed E-state index contributed by atoms with van der Waals surface area (Å²) in [5.74, 6) is -1.12. The number of hydrogen-bond donors (Lipinski definition) is 2. The molecule has 0 aromatic heterocycles. The maximum atomic E-state index is 11.9. The summed E-state index contributed by atoms with van der Waals surface area (Å²) in [7, 11) is 1.43. The highest BCUT2D eigenvalue weighted by molar-refractivity contribution is 5.83. The Hall–Kier alpha value is -1.51. The number of carbonyl (C=O) groups is 2. The standard InChI is InChI=1S/C12H19F3N2O4/c1-21-8-6-9(10(18)19)17(7-8)11(20)16-5-3-2-4-12(13,14)15/h8-9H,2-7H2,1H3,(H,16,20)(H,18,19). The molecule has 21 heavy (non-hydrogen) atoms. The van der Waals surface area contributed by atoms with Crippen molar-refractivity contribution in [1.29, 1.82) is 0 Å². The van der Waals surface area contributed by atoms with Crippen LogP contribution < -0.4 is 5.32 Å². The molecule has 0 bridgehead atoms. The minimum absolute atomic E-state index is 0.0766. The van der Waals surface area contributed by atoms with Crippen molar-refractivity contribution < 1.29 is 32.6 Å². The molecule has 0 spiro atoms. The van der Waals surface area contributed by atoms with E-state index in [2.05, 4.69) is 5.32 Å². The topological polar surface area (TPSA) is 78.9 Å². The highest BCUT2D eigenvalue weighted by Crippen LogP contribution is 2.22. The van der Waals surface area contributed by atoms with Gasteiger partial charge in [0, 0.05) is 33.0 Å². The molecule has 2 atom stereocenters. The number of rotatable bonds is 6. The van der Waals surface area contributed by atoms with Crippen LogP contribution in [0.15, 0.2) is 0 Å². The predicted octanol–water partition coefficient (Wildman–Crippen LogP) is 1.60. The number of alkyl halides is 3. The second-order valence-corrected chi connectivity index (χ2v) is 4.90. The Labute approximate surface area is 120 Å². The molecular weight excluding hydrogens is 293 g/mol. The van der Waals surface area contributed by atoms with Crippen molar-refractivity contribution in [3.05, 3.63) is 0 Å². The lowest BCUT2D eigenvalue weighted by Crippen LogP contribution is -2.46. The summed E-state index contributed by atoms with van der Waals surface area (Å²) in [6, 6.07) is -1.56. The average molecular weight is 312 g/mol. The molecule has 1 rings (SSSR count). The number of urea groups is 1. The number of amides is 2. The molecule has 2 unspecified atom stereocenters. The molecule has 1 fully saturated rings. The molecule has 122 valence electrons. The summed E-state index contributed by atoms with van der Waals surface area (Å²) in [6.45, 7) is 0.233. The lowest BCUT2D eigenvalue weighted by Gasteiger charge is -2.21. The van der Waals surface area contributed by atoms with E-state index in [4.69, 9.17) is 9.84 Å². The lowest BCUT2D eigenvalue weighted by atomic mass is 10.2. The van der Waals surface area contributed by atoms with Crippen LogP contribution in [-0.4, -0.2) is 60.5 Å². The highest BCUT2D eigenvalue weighted by Gasteiger charge is 2.39. The molecule has 0 radical (unpaired) electrons. The monoisotopic (exact) mass is 312 g/mol. The Kier molecular flexibility index (Phi) is 6.25. The molecule has 6 nitrogen and oxygen atoms in total. The fraction of sp³-hybridized carbons (Fsp3) is 0.833. The fourth-order valence-corrected chi connectivity index (χ4v) is 2.17. The number of carboxylic acids is 1. The van der Waals surface area contributed by atoms with Gasteiger partial charge in [-0.1, -0.05) is 0 Å². The Bertz CT molecular complexity index is 376. The SMILES string of the molecule is COC1CC(C(=O)O)N(C(=O)NCCCCC(F)(F)F)C1. The number of hydrogen-bond acceptors (Lipinski definition) is 3. The van der Waals surface area contributed by atoms with Crippen LogP contribution in [0.4, 0.5) is 18.0 Å². The van der Waals surface area contributed by atoms with Crippen molar-refractivity contribution in [1.82, 2.24) is 10.2 Å². The van der Waals surface area contributed by atoms with Crippen LogP contribution in [0.1, 0.15) is 25.7 Å². The van der Waals surface area contributed by atoms with E-state index in [-0.39, 0.29) is 38.5 Å². The number of carboxylic acid groups (broad SMARTS) is 1. The summed E-state index contributed by atoms with van der Waals surface area (Å²) in [6.07, 6.45) is -5.12. The summed E-state index contributed by atoms with van der Waals surface area (Å²) < 4.78 is 40.8. The molecule has 1 saturated heterocycles. The molecule has 1 aliphatic rings. The number of halogens is 3. The van der Waals surface area contributed by atoms with Gasteiger partial charge in [0.25, 0.3) is 0 Å². The minimum atomic E-state index is -4.20. The summed E-state index contributed by atoms with van der Waals surface area (Å²) >= 11 is 0. The number of nitrogens with one attached hydrogen (secondary N) is 1. The Morgan fingerprint density at radius 2 is 2.05 bits per heavy atom. The number of likely N-dealkylation sites (tertiary alicyclic amines) is 1. The Morgan fingerprint density at radius 3 is 2.57 bits per heavy atom. The Morgan fingerprint density at radius 1 is 1.38 bits per heavy atom. The third-order valence-electron chi connectivity index (χ3n) is 3.31. The number of nitrogens with zero attached hydrogens (tertiary/aromatic N) is 1. The van der Waals surface area contributed by atoms with Crippen LogP contribution in [0.3, 0.4) is 0 Å². The predicted molar refractivity (Wildman–Crippen MR) is 66.8 cm³/mol. The van der Waals surface area contributed by atoms with Gasteiger partial charge in [0.15, 0.2) is 0 Å². The molecule has 2 amide bonds. The van der Waals surface area contributed by atoms with Crippen LogP contribution in [0.5, 0.6) is 0 Å². The van der Waals surface area contributed by atoms with E-state index >= 15 is 0 Å². The van der Waals surface area contributed by atoms with Crippen molar-refractivity contribution in [2.75, 3.05) is 20.2 Å². The zero-order valence-electron chi connectivity index (χ0n) is 11.7. The van der Waals surface area contributed by atoms with Crippen molar-refractivity contribution in [3.63, 3.8) is 0 Å². The van der Waals surface area contributed by atoms with Crippen molar-refractivity contribution in [2.45, 2.75) is 44.0 Å². The molecule has 0 aromatic rings. The molecule has 1 aliphatic heterocycles. The van der Waals surface area contributed by atoms with Crippen LogP contribution in [0, 0.1) is 0 Å². The van der Waals surface area contributed by atoms with Gasteiger partial charge in [0.2, 0.25) is 0 Å². The number of ether oxygens (including phenoxy) is 1. The van der Waals surface area contributed by atoms with Gasteiger partial charge in [-0.25, -0.2) is 9.59 Å².